The number of nitrogens with one attached hydrogen (secondary N) is 1. The minimum absolute atomic E-state index is 0.520. The maximum Gasteiger partial charge on any atom is 0.0537 e. The van der Waals surface area contributed by atoms with Crippen molar-refractivity contribution in [2.24, 2.45) is 24.8 Å². The van der Waals surface area contributed by atoms with Crippen LogP contribution in [0.3, 0.4) is 0 Å². The van der Waals surface area contributed by atoms with Crippen LogP contribution < -0.4 is 5.32 Å². The first-order chi connectivity index (χ1) is 7.28. The van der Waals surface area contributed by atoms with Crippen molar-refractivity contribution in [3.8, 4) is 0 Å². The molecule has 0 saturated heterocycles. The molecular formula is C12H19N3. The monoisotopic (exact) mass is 205 g/mol. The second kappa shape index (κ2) is 3.34. The van der Waals surface area contributed by atoms with Gasteiger partial charge in [0, 0.05) is 24.8 Å². The highest BCUT2D eigenvalue weighted by Crippen LogP contribution is 2.56. The quantitative estimate of drug-likeness (QED) is 0.814. The summed E-state index contributed by atoms with van der Waals surface area (Å²) in [7, 11) is 4.06. The zero-order chi connectivity index (χ0) is 10.4. The third kappa shape index (κ3) is 1.59. The second-order valence-corrected chi connectivity index (χ2v) is 5.20. The Morgan fingerprint density at radius 3 is 2.67 bits per heavy atom. The minimum atomic E-state index is 0.520. The standard InChI is InChI=1S/C12H19N3/c1-13-12(11-6-14-15(2)7-11)10-4-8-3-9(8)5-10/h6-10,12-13H,3-5H2,1-2H3. The van der Waals surface area contributed by atoms with E-state index in [1.807, 2.05) is 17.9 Å². The molecule has 2 saturated carbocycles. The first-order valence-corrected chi connectivity index (χ1v) is 5.93. The Morgan fingerprint density at radius 1 is 1.40 bits per heavy atom. The first-order valence-electron chi connectivity index (χ1n) is 5.93. The third-order valence-electron chi connectivity index (χ3n) is 4.15. The van der Waals surface area contributed by atoms with Gasteiger partial charge in [-0.25, -0.2) is 0 Å². The second-order valence-electron chi connectivity index (χ2n) is 5.20. The topological polar surface area (TPSA) is 29.9 Å². The lowest BCUT2D eigenvalue weighted by Crippen LogP contribution is -2.24. The van der Waals surface area contributed by atoms with Crippen molar-refractivity contribution in [2.75, 3.05) is 7.05 Å². The van der Waals surface area contributed by atoms with E-state index in [4.69, 9.17) is 0 Å². The molecule has 2 aliphatic carbocycles. The van der Waals surface area contributed by atoms with E-state index >= 15 is 0 Å². The number of aromatic nitrogens is 2. The van der Waals surface area contributed by atoms with Crippen molar-refractivity contribution in [3.63, 3.8) is 0 Å². The summed E-state index contributed by atoms with van der Waals surface area (Å²) in [5.41, 5.74) is 1.35. The summed E-state index contributed by atoms with van der Waals surface area (Å²) in [6.45, 7) is 0. The van der Waals surface area contributed by atoms with E-state index in [1.165, 1.54) is 24.8 Å². The highest BCUT2D eigenvalue weighted by Gasteiger charge is 2.47. The number of aryl methyl sites for hydroxylation is 1. The molecule has 3 heteroatoms. The Morgan fingerprint density at radius 2 is 2.13 bits per heavy atom. The van der Waals surface area contributed by atoms with Crippen LogP contribution in [0.2, 0.25) is 0 Å². The van der Waals surface area contributed by atoms with Crippen LogP contribution in [0.25, 0.3) is 0 Å². The van der Waals surface area contributed by atoms with Gasteiger partial charge in [-0.15, -0.1) is 0 Å². The van der Waals surface area contributed by atoms with Gasteiger partial charge in [0.25, 0.3) is 0 Å². The average molecular weight is 205 g/mol. The largest absolute Gasteiger partial charge is 0.313 e. The molecule has 2 aliphatic rings. The van der Waals surface area contributed by atoms with Crippen LogP contribution in [0.5, 0.6) is 0 Å². The van der Waals surface area contributed by atoms with Gasteiger partial charge in [-0.3, -0.25) is 4.68 Å². The zero-order valence-electron chi connectivity index (χ0n) is 9.48. The third-order valence-corrected chi connectivity index (χ3v) is 4.15. The molecule has 15 heavy (non-hydrogen) atoms. The minimum Gasteiger partial charge on any atom is -0.313 e. The van der Waals surface area contributed by atoms with Crippen LogP contribution >= 0.6 is 0 Å². The van der Waals surface area contributed by atoms with Gasteiger partial charge < -0.3 is 5.32 Å². The van der Waals surface area contributed by atoms with Gasteiger partial charge in [-0.1, -0.05) is 0 Å². The van der Waals surface area contributed by atoms with Gasteiger partial charge in [0.05, 0.1) is 6.20 Å². The van der Waals surface area contributed by atoms with E-state index in [-0.39, 0.29) is 0 Å². The van der Waals surface area contributed by atoms with Crippen molar-refractivity contribution in [1.82, 2.24) is 15.1 Å². The normalized spacial score (nSPS) is 35.2. The molecule has 0 amide bonds. The lowest BCUT2D eigenvalue weighted by molar-refractivity contribution is 0.359. The SMILES string of the molecule is CNC(c1cnn(C)c1)C1CC2CC2C1. The highest BCUT2D eigenvalue weighted by atomic mass is 15.2. The van der Waals surface area contributed by atoms with Crippen LogP contribution in [0.1, 0.15) is 30.9 Å². The Kier molecular flexibility index (Phi) is 2.09. The summed E-state index contributed by atoms with van der Waals surface area (Å²) in [5.74, 6) is 2.95. The van der Waals surface area contributed by atoms with Crippen LogP contribution in [-0.4, -0.2) is 16.8 Å². The molecule has 0 bridgehead atoms. The van der Waals surface area contributed by atoms with E-state index < -0.39 is 0 Å². The van der Waals surface area contributed by atoms with Gasteiger partial charge in [0.15, 0.2) is 0 Å². The summed E-state index contributed by atoms with van der Waals surface area (Å²) < 4.78 is 1.90. The van der Waals surface area contributed by atoms with Gasteiger partial charge in [-0.05, 0) is 44.1 Å². The van der Waals surface area contributed by atoms with Gasteiger partial charge >= 0.3 is 0 Å². The summed E-state index contributed by atoms with van der Waals surface area (Å²) in [5, 5.41) is 7.73. The van der Waals surface area contributed by atoms with Gasteiger partial charge in [0.2, 0.25) is 0 Å². The maximum absolute atomic E-state index is 4.26. The van der Waals surface area contributed by atoms with E-state index in [9.17, 15) is 0 Å². The molecule has 0 radical (unpaired) electrons. The Hall–Kier alpha value is -0.830. The molecule has 1 aromatic heterocycles. The van der Waals surface area contributed by atoms with Crippen LogP contribution in [0.15, 0.2) is 12.4 Å². The number of fused-ring (bicyclic) bond motifs is 1. The van der Waals surface area contributed by atoms with E-state index in [2.05, 4.69) is 23.7 Å². The molecule has 0 aliphatic heterocycles. The fourth-order valence-corrected chi connectivity index (χ4v) is 3.31. The fraction of sp³-hybridized carbons (Fsp3) is 0.750. The summed E-state index contributed by atoms with van der Waals surface area (Å²) in [6.07, 6.45) is 8.49. The lowest BCUT2D eigenvalue weighted by atomic mass is 9.91. The number of nitrogens with zero attached hydrogens (tertiary/aromatic N) is 2. The smallest absolute Gasteiger partial charge is 0.0537 e. The molecule has 3 atom stereocenters. The van der Waals surface area contributed by atoms with Crippen molar-refractivity contribution in [1.29, 1.82) is 0 Å². The van der Waals surface area contributed by atoms with Gasteiger partial charge in [0.1, 0.15) is 0 Å². The molecule has 3 unspecified atom stereocenters. The number of hydrogen-bond donors (Lipinski definition) is 1. The van der Waals surface area contributed by atoms with Crippen molar-refractivity contribution in [3.05, 3.63) is 18.0 Å². The lowest BCUT2D eigenvalue weighted by Gasteiger charge is -2.23. The molecule has 1 heterocycles. The number of rotatable bonds is 3. The summed E-state index contributed by atoms with van der Waals surface area (Å²) in [6, 6.07) is 0.520. The van der Waals surface area contributed by atoms with Crippen molar-refractivity contribution >= 4 is 0 Å². The predicted octanol–water partition coefficient (Wildman–Crippen LogP) is 1.73. The van der Waals surface area contributed by atoms with E-state index in [0.29, 0.717) is 6.04 Å². The Labute approximate surface area is 90.9 Å². The first kappa shape index (κ1) is 9.40. The molecule has 2 fully saturated rings. The molecule has 82 valence electrons. The highest BCUT2D eigenvalue weighted by molar-refractivity contribution is 5.14. The molecule has 1 aromatic rings. The molecule has 1 N–H and O–H groups in total. The molecule has 0 spiro atoms. The van der Waals surface area contributed by atoms with Crippen LogP contribution in [0.4, 0.5) is 0 Å². The molecule has 3 nitrogen and oxygen atoms in total. The summed E-state index contributed by atoms with van der Waals surface area (Å²) in [4.78, 5) is 0. The van der Waals surface area contributed by atoms with Gasteiger partial charge in [-0.2, -0.15) is 5.10 Å². The number of hydrogen-bond acceptors (Lipinski definition) is 2. The average Bonchev–Trinajstić information content (AvgIpc) is 2.63. The fourth-order valence-electron chi connectivity index (χ4n) is 3.31. The van der Waals surface area contributed by atoms with Crippen molar-refractivity contribution < 1.29 is 0 Å². The summed E-state index contributed by atoms with van der Waals surface area (Å²) >= 11 is 0. The van der Waals surface area contributed by atoms with Crippen LogP contribution in [-0.2, 0) is 7.05 Å². The Bertz CT molecular complexity index is 348. The van der Waals surface area contributed by atoms with Crippen molar-refractivity contribution in [2.45, 2.75) is 25.3 Å². The van der Waals surface area contributed by atoms with E-state index in [0.717, 1.165) is 17.8 Å². The van der Waals surface area contributed by atoms with Crippen LogP contribution in [0, 0.1) is 17.8 Å². The molecule has 0 aromatic carbocycles. The molecule has 3 rings (SSSR count). The predicted molar refractivity (Wildman–Crippen MR) is 59.3 cm³/mol. The Balaban J connectivity index is 1.76. The zero-order valence-corrected chi connectivity index (χ0v) is 9.48. The molecular weight excluding hydrogens is 186 g/mol. The van der Waals surface area contributed by atoms with E-state index in [1.54, 1.807) is 0 Å². The maximum atomic E-state index is 4.26.